The molecule has 4 saturated carbocycles. The van der Waals surface area contributed by atoms with Crippen LogP contribution in [0.4, 0.5) is 11.4 Å². The molecule has 2 aromatic carbocycles. The van der Waals surface area contributed by atoms with Gasteiger partial charge in [0.15, 0.2) is 0 Å². The molecular formula is C24H26N2O3. The normalized spacial score (nSPS) is 30.0. The van der Waals surface area contributed by atoms with Crippen LogP contribution in [-0.2, 0) is 5.41 Å². The molecule has 0 N–H and O–H groups in total. The van der Waals surface area contributed by atoms with Gasteiger partial charge in [-0.05, 0) is 97.1 Å². The number of aliphatic imine (C=N–C) groups is 1. The molecule has 0 amide bonds. The van der Waals surface area contributed by atoms with Gasteiger partial charge in [0.1, 0.15) is 11.4 Å². The van der Waals surface area contributed by atoms with Crippen LogP contribution in [0, 0.1) is 27.9 Å². The Morgan fingerprint density at radius 3 is 2.21 bits per heavy atom. The van der Waals surface area contributed by atoms with Crippen molar-refractivity contribution < 1.29 is 9.66 Å². The van der Waals surface area contributed by atoms with Crippen molar-refractivity contribution >= 4 is 17.6 Å². The summed E-state index contributed by atoms with van der Waals surface area (Å²) >= 11 is 0. The van der Waals surface area contributed by atoms with Gasteiger partial charge in [-0.3, -0.25) is 15.1 Å². The highest BCUT2D eigenvalue weighted by Crippen LogP contribution is 2.61. The van der Waals surface area contributed by atoms with Gasteiger partial charge in [-0.1, -0.05) is 6.07 Å². The summed E-state index contributed by atoms with van der Waals surface area (Å²) < 4.78 is 5.56. The smallest absolute Gasteiger partial charge is 0.269 e. The second kappa shape index (κ2) is 6.97. The maximum atomic E-state index is 10.8. The van der Waals surface area contributed by atoms with E-state index in [2.05, 4.69) is 18.2 Å². The Labute approximate surface area is 171 Å². The average molecular weight is 390 g/mol. The molecule has 2 aromatic rings. The third-order valence-electron chi connectivity index (χ3n) is 7.29. The van der Waals surface area contributed by atoms with Gasteiger partial charge in [0.2, 0.25) is 0 Å². The fourth-order valence-electron chi connectivity index (χ4n) is 6.41. The van der Waals surface area contributed by atoms with Gasteiger partial charge in [-0.2, -0.15) is 0 Å². The van der Waals surface area contributed by atoms with Crippen molar-refractivity contribution in [2.45, 2.75) is 43.9 Å². The number of non-ortho nitro benzene ring substituents is 1. The number of nitro benzene ring substituents is 1. The molecule has 4 fully saturated rings. The number of methoxy groups -OCH3 is 1. The van der Waals surface area contributed by atoms with Gasteiger partial charge in [-0.15, -0.1) is 0 Å². The van der Waals surface area contributed by atoms with Crippen LogP contribution >= 0.6 is 0 Å². The van der Waals surface area contributed by atoms with Crippen LogP contribution < -0.4 is 4.74 Å². The van der Waals surface area contributed by atoms with Gasteiger partial charge in [0, 0.05) is 18.3 Å². The maximum Gasteiger partial charge on any atom is 0.269 e. The molecule has 4 bridgehead atoms. The highest BCUT2D eigenvalue weighted by molar-refractivity contribution is 5.83. The minimum absolute atomic E-state index is 0.0866. The van der Waals surface area contributed by atoms with E-state index in [-0.39, 0.29) is 10.6 Å². The van der Waals surface area contributed by atoms with E-state index in [0.717, 1.165) is 34.8 Å². The van der Waals surface area contributed by atoms with E-state index < -0.39 is 0 Å². The van der Waals surface area contributed by atoms with Crippen LogP contribution in [0.5, 0.6) is 5.75 Å². The zero-order chi connectivity index (χ0) is 20.0. The van der Waals surface area contributed by atoms with Crippen LogP contribution in [0.2, 0.25) is 0 Å². The van der Waals surface area contributed by atoms with Crippen molar-refractivity contribution in [2.75, 3.05) is 7.11 Å². The highest BCUT2D eigenvalue weighted by atomic mass is 16.6. The number of nitro groups is 1. The van der Waals surface area contributed by atoms with Gasteiger partial charge in [0.25, 0.3) is 5.69 Å². The summed E-state index contributed by atoms with van der Waals surface area (Å²) in [6, 6.07) is 13.0. The molecule has 0 aromatic heterocycles. The Hall–Kier alpha value is -2.69. The van der Waals surface area contributed by atoms with E-state index in [1.807, 2.05) is 0 Å². The molecule has 0 radical (unpaired) electrons. The number of nitrogens with zero attached hydrogens (tertiary/aromatic N) is 2. The van der Waals surface area contributed by atoms with Crippen molar-refractivity contribution in [1.82, 2.24) is 0 Å². The number of rotatable bonds is 5. The van der Waals surface area contributed by atoms with Gasteiger partial charge in [0.05, 0.1) is 12.0 Å². The lowest BCUT2D eigenvalue weighted by Gasteiger charge is -2.57. The molecule has 29 heavy (non-hydrogen) atoms. The number of ether oxygens (including phenoxy) is 1. The lowest BCUT2D eigenvalue weighted by molar-refractivity contribution is -0.384. The molecule has 0 unspecified atom stereocenters. The van der Waals surface area contributed by atoms with Gasteiger partial charge in [-0.25, -0.2) is 0 Å². The Balaban J connectivity index is 1.45. The third kappa shape index (κ3) is 3.33. The second-order valence-corrected chi connectivity index (χ2v) is 9.19. The Bertz CT molecular complexity index is 929. The number of hydrogen-bond acceptors (Lipinski definition) is 4. The van der Waals surface area contributed by atoms with Gasteiger partial charge >= 0.3 is 0 Å². The summed E-state index contributed by atoms with van der Waals surface area (Å²) in [5, 5.41) is 10.8. The van der Waals surface area contributed by atoms with E-state index in [9.17, 15) is 10.1 Å². The van der Waals surface area contributed by atoms with E-state index in [1.54, 1.807) is 25.5 Å². The van der Waals surface area contributed by atoms with Crippen LogP contribution in [0.25, 0.3) is 0 Å². The monoisotopic (exact) mass is 390 g/mol. The summed E-state index contributed by atoms with van der Waals surface area (Å²) in [7, 11) is 1.67. The maximum absolute atomic E-state index is 10.8. The topological polar surface area (TPSA) is 64.7 Å². The fraction of sp³-hybridized carbons (Fsp3) is 0.458. The predicted molar refractivity (Wildman–Crippen MR) is 113 cm³/mol. The number of hydrogen-bond donors (Lipinski definition) is 0. The molecule has 0 atom stereocenters. The Morgan fingerprint density at radius 2 is 1.66 bits per heavy atom. The van der Waals surface area contributed by atoms with Crippen LogP contribution in [0.3, 0.4) is 0 Å². The predicted octanol–water partition coefficient (Wildman–Crippen LogP) is 5.82. The largest absolute Gasteiger partial charge is 0.494 e. The summed E-state index contributed by atoms with van der Waals surface area (Å²) in [6.45, 7) is 0. The number of benzene rings is 2. The van der Waals surface area contributed by atoms with Crippen LogP contribution in [0.15, 0.2) is 47.5 Å². The third-order valence-corrected chi connectivity index (χ3v) is 7.29. The fourth-order valence-corrected chi connectivity index (χ4v) is 6.41. The summed E-state index contributed by atoms with van der Waals surface area (Å²) in [5.74, 6) is 3.46. The molecule has 0 aliphatic heterocycles. The summed E-state index contributed by atoms with van der Waals surface area (Å²) in [4.78, 5) is 15.1. The van der Waals surface area contributed by atoms with Crippen molar-refractivity contribution in [3.63, 3.8) is 0 Å². The van der Waals surface area contributed by atoms with Gasteiger partial charge < -0.3 is 4.74 Å². The molecule has 0 heterocycles. The summed E-state index contributed by atoms with van der Waals surface area (Å²) in [5.41, 5.74) is 3.48. The Kier molecular flexibility index (Phi) is 4.41. The molecule has 5 nitrogen and oxygen atoms in total. The quantitative estimate of drug-likeness (QED) is 0.367. The molecular weight excluding hydrogens is 364 g/mol. The molecule has 150 valence electrons. The molecule has 6 rings (SSSR count). The zero-order valence-electron chi connectivity index (χ0n) is 16.7. The molecule has 5 heteroatoms. The lowest BCUT2D eigenvalue weighted by atomic mass is 9.48. The van der Waals surface area contributed by atoms with E-state index >= 15 is 0 Å². The van der Waals surface area contributed by atoms with E-state index in [0.29, 0.717) is 5.41 Å². The van der Waals surface area contributed by atoms with E-state index in [4.69, 9.17) is 9.73 Å². The van der Waals surface area contributed by atoms with Crippen molar-refractivity contribution in [3.05, 3.63) is 63.7 Å². The molecule has 4 aliphatic rings. The van der Waals surface area contributed by atoms with Crippen LogP contribution in [0.1, 0.15) is 49.7 Å². The lowest BCUT2D eigenvalue weighted by Crippen LogP contribution is -2.48. The van der Waals surface area contributed by atoms with Crippen LogP contribution in [-0.4, -0.2) is 18.2 Å². The standard InChI is InChI=1S/C24H26N2O3/c1-29-23-7-4-20(24-12-17-8-18(13-24)10-19(9-17)14-24)11-22(23)25-15-16-2-5-21(6-3-16)26(27)28/h2-7,11,15,17-19H,8-10,12-14H2,1H3. The zero-order valence-corrected chi connectivity index (χ0v) is 16.7. The highest BCUT2D eigenvalue weighted by Gasteiger charge is 2.51. The molecule has 4 aliphatic carbocycles. The van der Waals surface area contributed by atoms with Crippen molar-refractivity contribution in [2.24, 2.45) is 22.7 Å². The first-order chi connectivity index (χ1) is 14.0. The molecule has 0 saturated heterocycles. The van der Waals surface area contributed by atoms with E-state index in [1.165, 1.54) is 56.2 Å². The van der Waals surface area contributed by atoms with Crippen molar-refractivity contribution in [3.8, 4) is 5.75 Å². The first kappa shape index (κ1) is 18.3. The molecule has 0 spiro atoms. The second-order valence-electron chi connectivity index (χ2n) is 9.19. The first-order valence-corrected chi connectivity index (χ1v) is 10.5. The first-order valence-electron chi connectivity index (χ1n) is 10.5. The minimum Gasteiger partial charge on any atom is -0.494 e. The average Bonchev–Trinajstić information content (AvgIpc) is 2.71. The SMILES string of the molecule is COc1ccc(C23CC4CC(CC(C4)C2)C3)cc1N=Cc1ccc([N+](=O)[O-])cc1. The van der Waals surface area contributed by atoms with Crippen molar-refractivity contribution in [1.29, 1.82) is 0 Å². The Morgan fingerprint density at radius 1 is 1.03 bits per heavy atom. The summed E-state index contributed by atoms with van der Waals surface area (Å²) in [6.07, 6.45) is 10.00. The minimum atomic E-state index is -0.390.